The highest BCUT2D eigenvalue weighted by Crippen LogP contribution is 2.35. The number of rotatable bonds is 5. The first-order valence-corrected chi connectivity index (χ1v) is 9.77. The van der Waals surface area contributed by atoms with E-state index in [9.17, 15) is 4.79 Å². The van der Waals surface area contributed by atoms with Crippen molar-refractivity contribution in [3.63, 3.8) is 0 Å². The summed E-state index contributed by atoms with van der Waals surface area (Å²) >= 11 is 6.03. The monoisotopic (exact) mass is 413 g/mol. The first-order chi connectivity index (χ1) is 14.1. The number of aromatic nitrogens is 5. The number of halogens is 1. The van der Waals surface area contributed by atoms with E-state index < -0.39 is 0 Å². The molecule has 2 unspecified atom stereocenters. The minimum atomic E-state index is -0.212. The van der Waals surface area contributed by atoms with Crippen molar-refractivity contribution in [3.8, 4) is 11.9 Å². The van der Waals surface area contributed by atoms with E-state index in [0.717, 1.165) is 25.7 Å². The molecule has 0 aromatic carbocycles. The minimum absolute atomic E-state index is 0.00784. The van der Waals surface area contributed by atoms with Gasteiger partial charge in [-0.2, -0.15) is 10.2 Å². The van der Waals surface area contributed by atoms with Crippen LogP contribution in [0, 0.1) is 17.2 Å². The van der Waals surface area contributed by atoms with Crippen LogP contribution in [-0.4, -0.2) is 31.6 Å². The van der Waals surface area contributed by atoms with Gasteiger partial charge < -0.3 is 15.0 Å². The first kappa shape index (κ1) is 19.2. The van der Waals surface area contributed by atoms with Crippen molar-refractivity contribution < 1.29 is 4.74 Å². The van der Waals surface area contributed by atoms with Gasteiger partial charge in [0.1, 0.15) is 11.2 Å². The number of aromatic amines is 1. The molecular weight excluding hydrogens is 394 g/mol. The van der Waals surface area contributed by atoms with Gasteiger partial charge >= 0.3 is 5.69 Å². The van der Waals surface area contributed by atoms with Gasteiger partial charge in [-0.3, -0.25) is 4.57 Å². The lowest BCUT2D eigenvalue weighted by molar-refractivity contribution is 0.269. The van der Waals surface area contributed by atoms with E-state index in [2.05, 4.69) is 31.3 Å². The van der Waals surface area contributed by atoms with Crippen molar-refractivity contribution in [2.24, 2.45) is 5.92 Å². The molecule has 29 heavy (non-hydrogen) atoms. The van der Waals surface area contributed by atoms with Crippen LogP contribution < -0.4 is 15.7 Å². The predicted molar refractivity (Wildman–Crippen MR) is 108 cm³/mol. The maximum Gasteiger partial charge on any atom is 0.327 e. The third-order valence-electron chi connectivity index (χ3n) is 5.22. The summed E-state index contributed by atoms with van der Waals surface area (Å²) in [6.07, 6.45) is 7.24. The molecule has 3 aromatic heterocycles. The summed E-state index contributed by atoms with van der Waals surface area (Å²) in [5.74, 6) is 0.963. The van der Waals surface area contributed by atoms with Gasteiger partial charge in [0.15, 0.2) is 5.65 Å². The SMILES string of the molecule is COc1ncc(Cl)cc1Nc1ncc2[nH]c(=O)n(C3CCCC(CC#N)C3)c2n1. The maximum absolute atomic E-state index is 12.6. The van der Waals surface area contributed by atoms with Gasteiger partial charge in [-0.25, -0.2) is 14.8 Å². The number of imidazole rings is 1. The molecular formula is C19H20ClN7O2. The highest BCUT2D eigenvalue weighted by Gasteiger charge is 2.26. The van der Waals surface area contributed by atoms with Crippen molar-refractivity contribution in [2.45, 2.75) is 38.1 Å². The maximum atomic E-state index is 12.6. The fourth-order valence-electron chi connectivity index (χ4n) is 3.93. The molecule has 0 aliphatic heterocycles. The molecule has 2 atom stereocenters. The van der Waals surface area contributed by atoms with Crippen molar-refractivity contribution in [1.29, 1.82) is 5.26 Å². The Morgan fingerprint density at radius 1 is 1.41 bits per heavy atom. The largest absolute Gasteiger partial charge is 0.480 e. The van der Waals surface area contributed by atoms with Crippen molar-refractivity contribution in [3.05, 3.63) is 34.0 Å². The summed E-state index contributed by atoms with van der Waals surface area (Å²) in [4.78, 5) is 28.4. The topological polar surface area (TPSA) is 122 Å². The molecule has 3 heterocycles. The van der Waals surface area contributed by atoms with Gasteiger partial charge in [0, 0.05) is 18.7 Å². The molecule has 150 valence electrons. The highest BCUT2D eigenvalue weighted by molar-refractivity contribution is 6.30. The van der Waals surface area contributed by atoms with Crippen LogP contribution in [0.1, 0.15) is 38.1 Å². The Bertz CT molecular complexity index is 1130. The molecule has 3 aromatic rings. The summed E-state index contributed by atoms with van der Waals surface area (Å²) in [7, 11) is 1.51. The minimum Gasteiger partial charge on any atom is -0.480 e. The number of nitriles is 1. The summed E-state index contributed by atoms with van der Waals surface area (Å²) < 4.78 is 6.94. The second-order valence-electron chi connectivity index (χ2n) is 7.12. The Balaban J connectivity index is 1.69. The number of hydrogen-bond acceptors (Lipinski definition) is 7. The number of fused-ring (bicyclic) bond motifs is 1. The van der Waals surface area contributed by atoms with Crippen molar-refractivity contribution in [2.75, 3.05) is 12.4 Å². The van der Waals surface area contributed by atoms with Gasteiger partial charge in [0.05, 0.1) is 24.4 Å². The number of methoxy groups -OCH3 is 1. The number of H-pyrrole nitrogens is 1. The molecule has 9 nitrogen and oxygen atoms in total. The quantitative estimate of drug-likeness (QED) is 0.655. The third kappa shape index (κ3) is 3.89. The van der Waals surface area contributed by atoms with Gasteiger partial charge in [-0.05, 0) is 31.2 Å². The number of pyridine rings is 1. The van der Waals surface area contributed by atoms with Gasteiger partial charge in [-0.15, -0.1) is 0 Å². The smallest absolute Gasteiger partial charge is 0.327 e. The van der Waals surface area contributed by atoms with Crippen LogP contribution in [-0.2, 0) is 0 Å². The zero-order valence-corrected chi connectivity index (χ0v) is 16.6. The second-order valence-corrected chi connectivity index (χ2v) is 7.55. The summed E-state index contributed by atoms with van der Waals surface area (Å²) in [5.41, 5.74) is 1.41. The Morgan fingerprint density at radius 2 is 2.28 bits per heavy atom. The van der Waals surface area contributed by atoms with Gasteiger partial charge in [0.2, 0.25) is 11.8 Å². The van der Waals surface area contributed by atoms with Crippen LogP contribution in [0.4, 0.5) is 11.6 Å². The lowest BCUT2D eigenvalue weighted by atomic mass is 9.84. The number of nitrogens with one attached hydrogen (secondary N) is 2. The molecule has 1 fully saturated rings. The molecule has 4 rings (SSSR count). The van der Waals surface area contributed by atoms with Crippen LogP contribution >= 0.6 is 11.6 Å². The van der Waals surface area contributed by atoms with E-state index in [1.165, 1.54) is 13.3 Å². The van der Waals surface area contributed by atoms with Crippen molar-refractivity contribution >= 4 is 34.4 Å². The molecule has 0 spiro atoms. The van der Waals surface area contributed by atoms with Gasteiger partial charge in [0.25, 0.3) is 0 Å². The van der Waals surface area contributed by atoms with Crippen LogP contribution in [0.15, 0.2) is 23.3 Å². The Kier molecular flexibility index (Phi) is 5.36. The molecule has 0 saturated heterocycles. The summed E-state index contributed by atoms with van der Waals surface area (Å²) in [5, 5.41) is 12.5. The zero-order chi connectivity index (χ0) is 20.4. The fourth-order valence-corrected chi connectivity index (χ4v) is 4.08. The van der Waals surface area contributed by atoms with E-state index in [1.807, 2.05) is 0 Å². The van der Waals surface area contributed by atoms with Gasteiger partial charge in [-0.1, -0.05) is 18.0 Å². The van der Waals surface area contributed by atoms with E-state index in [0.29, 0.717) is 46.0 Å². The molecule has 1 saturated carbocycles. The summed E-state index contributed by atoms with van der Waals surface area (Å²) in [6.45, 7) is 0. The van der Waals surface area contributed by atoms with E-state index in [4.69, 9.17) is 21.6 Å². The highest BCUT2D eigenvalue weighted by atomic mass is 35.5. The molecule has 2 N–H and O–H groups in total. The third-order valence-corrected chi connectivity index (χ3v) is 5.42. The van der Waals surface area contributed by atoms with E-state index >= 15 is 0 Å². The average Bonchev–Trinajstić information content (AvgIpc) is 3.04. The molecule has 1 aliphatic carbocycles. The number of anilines is 2. The second kappa shape index (κ2) is 8.09. The zero-order valence-electron chi connectivity index (χ0n) is 15.9. The van der Waals surface area contributed by atoms with Crippen LogP contribution in [0.2, 0.25) is 5.02 Å². The Hall–Kier alpha value is -3.12. The molecule has 10 heteroatoms. The fraction of sp³-hybridized carbons (Fsp3) is 0.421. The first-order valence-electron chi connectivity index (χ1n) is 9.39. The van der Waals surface area contributed by atoms with Crippen LogP contribution in [0.3, 0.4) is 0 Å². The van der Waals surface area contributed by atoms with E-state index in [-0.39, 0.29) is 11.7 Å². The van der Waals surface area contributed by atoms with Crippen LogP contribution in [0.5, 0.6) is 5.88 Å². The Labute approximate surface area is 171 Å². The molecule has 0 radical (unpaired) electrons. The molecule has 1 aliphatic rings. The molecule has 0 bridgehead atoms. The lowest BCUT2D eigenvalue weighted by Crippen LogP contribution is -2.27. The molecule has 0 amide bonds. The number of nitrogens with zero attached hydrogens (tertiary/aromatic N) is 5. The van der Waals surface area contributed by atoms with Crippen LogP contribution in [0.25, 0.3) is 11.2 Å². The average molecular weight is 414 g/mol. The van der Waals surface area contributed by atoms with Crippen molar-refractivity contribution in [1.82, 2.24) is 24.5 Å². The van der Waals surface area contributed by atoms with E-state index in [1.54, 1.807) is 16.8 Å². The lowest BCUT2D eigenvalue weighted by Gasteiger charge is -2.28. The predicted octanol–water partition coefficient (Wildman–Crippen LogP) is 3.57. The summed E-state index contributed by atoms with van der Waals surface area (Å²) in [6, 6.07) is 3.92. The number of ether oxygens (including phenoxy) is 1. The number of hydrogen-bond donors (Lipinski definition) is 2. The standard InChI is InChI=1S/C19H20ClN7O2/c1-29-17-14(8-12(20)9-22-17)24-18-23-10-15-16(26-18)27(19(28)25-15)13-4-2-3-11(7-13)5-6-21/h8-11,13H,2-5,7H2,1H3,(H,25,28)(H,23,24,26). The Morgan fingerprint density at radius 3 is 3.07 bits per heavy atom. The normalized spacial score (nSPS) is 19.1.